The molecule has 0 aliphatic carbocycles. The molecule has 33 heavy (non-hydrogen) atoms. The van der Waals surface area contributed by atoms with Crippen LogP contribution in [-0.2, 0) is 13.6 Å². The van der Waals surface area contributed by atoms with E-state index in [0.717, 1.165) is 5.69 Å². The van der Waals surface area contributed by atoms with Crippen molar-refractivity contribution in [1.29, 1.82) is 0 Å². The highest BCUT2D eigenvalue weighted by Crippen LogP contribution is 2.34. The highest BCUT2D eigenvalue weighted by atomic mass is 19.1. The second-order valence-corrected chi connectivity index (χ2v) is 7.52. The minimum Gasteiger partial charge on any atom is -0.491 e. The van der Waals surface area contributed by atoms with Crippen LogP contribution in [0, 0.1) is 5.82 Å². The van der Waals surface area contributed by atoms with Crippen LogP contribution in [0.3, 0.4) is 0 Å². The fraction of sp³-hybridized carbons (Fsp3) is 0.174. The van der Waals surface area contributed by atoms with Crippen molar-refractivity contribution in [2.75, 3.05) is 11.9 Å². The number of benzene rings is 2. The standard InChI is InChI=1S/C23H20FN7O2/c1-31-20(29-30-22(31)17-8-9-25-13-27-17)11-26-15-5-2-4-14(10-15)23(32)28-18-12-33-19-7-3-6-16(24)21(18)19/h2-10,13,18,26H,11-12H2,1H3,(H,28,32). The SMILES string of the molecule is Cn1c(CNc2cccc(C(=O)NC3COc4cccc(F)c43)c2)nnc1-c1ccncn1. The van der Waals surface area contributed by atoms with E-state index in [2.05, 4.69) is 30.8 Å². The number of amides is 1. The molecule has 5 rings (SSSR count). The Labute approximate surface area is 188 Å². The monoisotopic (exact) mass is 445 g/mol. The van der Waals surface area contributed by atoms with Gasteiger partial charge in [-0.1, -0.05) is 12.1 Å². The molecular formula is C23H20FN7O2. The van der Waals surface area contributed by atoms with E-state index in [1.54, 1.807) is 42.6 Å². The first-order valence-electron chi connectivity index (χ1n) is 10.3. The van der Waals surface area contributed by atoms with Crippen LogP contribution in [0.5, 0.6) is 5.75 Å². The fourth-order valence-corrected chi connectivity index (χ4v) is 3.71. The Hall–Kier alpha value is -4.34. The average molecular weight is 445 g/mol. The molecule has 3 heterocycles. The molecule has 0 spiro atoms. The fourth-order valence-electron chi connectivity index (χ4n) is 3.71. The molecule has 1 aliphatic rings. The lowest BCUT2D eigenvalue weighted by atomic mass is 10.1. The smallest absolute Gasteiger partial charge is 0.251 e. The zero-order valence-corrected chi connectivity index (χ0v) is 17.7. The van der Waals surface area contributed by atoms with Gasteiger partial charge in [-0.05, 0) is 36.4 Å². The Morgan fingerprint density at radius 2 is 2.09 bits per heavy atom. The van der Waals surface area contributed by atoms with Crippen molar-refractivity contribution >= 4 is 11.6 Å². The molecular weight excluding hydrogens is 425 g/mol. The van der Waals surface area contributed by atoms with Crippen LogP contribution in [-0.4, -0.2) is 37.2 Å². The van der Waals surface area contributed by atoms with Crippen molar-refractivity contribution in [3.8, 4) is 17.3 Å². The third kappa shape index (κ3) is 4.10. The number of ether oxygens (including phenoxy) is 1. The van der Waals surface area contributed by atoms with Gasteiger partial charge in [-0.25, -0.2) is 14.4 Å². The van der Waals surface area contributed by atoms with E-state index in [1.807, 2.05) is 17.7 Å². The quantitative estimate of drug-likeness (QED) is 0.470. The van der Waals surface area contributed by atoms with Gasteiger partial charge in [0.1, 0.15) is 30.2 Å². The van der Waals surface area contributed by atoms with Crippen LogP contribution in [0.4, 0.5) is 10.1 Å². The summed E-state index contributed by atoms with van der Waals surface area (Å²) < 4.78 is 21.5. The molecule has 0 radical (unpaired) electrons. The maximum Gasteiger partial charge on any atom is 0.251 e. The number of fused-ring (bicyclic) bond motifs is 1. The van der Waals surface area contributed by atoms with Crippen LogP contribution in [0.1, 0.15) is 27.8 Å². The summed E-state index contributed by atoms with van der Waals surface area (Å²) in [5.41, 5.74) is 2.24. The molecule has 4 aromatic rings. The van der Waals surface area contributed by atoms with Gasteiger partial charge in [0.25, 0.3) is 5.91 Å². The van der Waals surface area contributed by atoms with Crippen LogP contribution in [0.2, 0.25) is 0 Å². The van der Waals surface area contributed by atoms with Gasteiger partial charge in [0.05, 0.1) is 18.2 Å². The van der Waals surface area contributed by atoms with Gasteiger partial charge in [0.2, 0.25) is 0 Å². The van der Waals surface area contributed by atoms with Crippen molar-refractivity contribution in [3.63, 3.8) is 0 Å². The minimum atomic E-state index is -0.538. The lowest BCUT2D eigenvalue weighted by Crippen LogP contribution is -2.29. The number of rotatable bonds is 6. The number of halogens is 1. The van der Waals surface area contributed by atoms with E-state index in [-0.39, 0.29) is 12.5 Å². The number of nitrogens with zero attached hydrogens (tertiary/aromatic N) is 5. The van der Waals surface area contributed by atoms with Gasteiger partial charge in [-0.15, -0.1) is 10.2 Å². The summed E-state index contributed by atoms with van der Waals surface area (Å²) in [5.74, 6) is 1.09. The molecule has 2 aromatic carbocycles. The summed E-state index contributed by atoms with van der Waals surface area (Å²) in [7, 11) is 1.86. The van der Waals surface area contributed by atoms with Crippen LogP contribution in [0.25, 0.3) is 11.5 Å². The number of aromatic nitrogens is 5. The molecule has 0 fully saturated rings. The number of carbonyl (C=O) groups is 1. The van der Waals surface area contributed by atoms with Gasteiger partial charge < -0.3 is 19.9 Å². The predicted octanol–water partition coefficient (Wildman–Crippen LogP) is 2.89. The molecule has 2 N–H and O–H groups in total. The Kier molecular flexibility index (Phi) is 5.39. The maximum absolute atomic E-state index is 14.2. The van der Waals surface area contributed by atoms with Crippen molar-refractivity contribution in [2.45, 2.75) is 12.6 Å². The van der Waals surface area contributed by atoms with Crippen molar-refractivity contribution < 1.29 is 13.9 Å². The highest BCUT2D eigenvalue weighted by molar-refractivity contribution is 5.95. The van der Waals surface area contributed by atoms with Gasteiger partial charge >= 0.3 is 0 Å². The molecule has 0 saturated carbocycles. The first kappa shape index (κ1) is 20.6. The van der Waals surface area contributed by atoms with Crippen molar-refractivity contribution in [3.05, 3.63) is 83.8 Å². The van der Waals surface area contributed by atoms with E-state index >= 15 is 0 Å². The summed E-state index contributed by atoms with van der Waals surface area (Å²) in [4.78, 5) is 20.9. The zero-order valence-electron chi connectivity index (χ0n) is 17.7. The lowest BCUT2D eigenvalue weighted by Gasteiger charge is -2.13. The summed E-state index contributed by atoms with van der Waals surface area (Å²) >= 11 is 0. The summed E-state index contributed by atoms with van der Waals surface area (Å²) in [5, 5.41) is 14.5. The summed E-state index contributed by atoms with van der Waals surface area (Å²) in [6.07, 6.45) is 3.11. The molecule has 166 valence electrons. The largest absolute Gasteiger partial charge is 0.491 e. The van der Waals surface area contributed by atoms with E-state index < -0.39 is 11.9 Å². The Morgan fingerprint density at radius 3 is 2.94 bits per heavy atom. The van der Waals surface area contributed by atoms with E-state index in [9.17, 15) is 9.18 Å². The first-order valence-corrected chi connectivity index (χ1v) is 10.3. The van der Waals surface area contributed by atoms with Crippen LogP contribution >= 0.6 is 0 Å². The summed E-state index contributed by atoms with van der Waals surface area (Å²) in [6, 6.07) is 12.9. The molecule has 1 atom stereocenters. The van der Waals surface area contributed by atoms with Crippen molar-refractivity contribution in [2.24, 2.45) is 7.05 Å². The number of carbonyl (C=O) groups excluding carboxylic acids is 1. The molecule has 2 aromatic heterocycles. The summed E-state index contributed by atoms with van der Waals surface area (Å²) in [6.45, 7) is 0.593. The van der Waals surface area contributed by atoms with Gasteiger partial charge in [-0.3, -0.25) is 4.79 Å². The van der Waals surface area contributed by atoms with E-state index in [4.69, 9.17) is 4.74 Å². The molecule has 9 nitrogen and oxygen atoms in total. The van der Waals surface area contributed by atoms with Crippen LogP contribution in [0.15, 0.2) is 61.1 Å². The first-order chi connectivity index (χ1) is 16.1. The second kappa shape index (κ2) is 8.65. The molecule has 1 aliphatic heterocycles. The van der Waals surface area contributed by atoms with Gasteiger partial charge in [0, 0.05) is 24.5 Å². The van der Waals surface area contributed by atoms with E-state index in [0.29, 0.717) is 40.8 Å². The molecule has 1 amide bonds. The van der Waals surface area contributed by atoms with Gasteiger partial charge in [-0.2, -0.15) is 0 Å². The normalized spacial score (nSPS) is 14.4. The molecule has 1 unspecified atom stereocenters. The third-order valence-electron chi connectivity index (χ3n) is 5.42. The molecule has 0 bridgehead atoms. The number of anilines is 1. The Bertz CT molecular complexity index is 1310. The second-order valence-electron chi connectivity index (χ2n) is 7.52. The molecule has 10 heteroatoms. The Balaban J connectivity index is 1.26. The maximum atomic E-state index is 14.2. The van der Waals surface area contributed by atoms with Crippen LogP contribution < -0.4 is 15.4 Å². The lowest BCUT2D eigenvalue weighted by molar-refractivity contribution is 0.0930. The topological polar surface area (TPSA) is 107 Å². The predicted molar refractivity (Wildman–Crippen MR) is 118 cm³/mol. The van der Waals surface area contributed by atoms with Crippen molar-refractivity contribution in [1.82, 2.24) is 30.0 Å². The highest BCUT2D eigenvalue weighted by Gasteiger charge is 2.29. The minimum absolute atomic E-state index is 0.195. The van der Waals surface area contributed by atoms with E-state index in [1.165, 1.54) is 12.4 Å². The number of hydrogen-bond donors (Lipinski definition) is 2. The number of nitrogens with one attached hydrogen (secondary N) is 2. The average Bonchev–Trinajstić information content (AvgIpc) is 3.42. The zero-order chi connectivity index (χ0) is 22.8. The molecule has 0 saturated heterocycles. The number of hydrogen-bond acceptors (Lipinski definition) is 7. The Morgan fingerprint density at radius 1 is 1.21 bits per heavy atom. The van der Waals surface area contributed by atoms with Gasteiger partial charge in [0.15, 0.2) is 11.6 Å². The third-order valence-corrected chi connectivity index (χ3v) is 5.42.